The molecule has 9 nitrogen and oxygen atoms in total. The van der Waals surface area contributed by atoms with Crippen molar-refractivity contribution < 1.29 is 29.0 Å². The highest BCUT2D eigenvalue weighted by atomic mass is 16.6. The topological polar surface area (TPSA) is 126 Å². The number of alkyl carbamates (subject to hydrolysis) is 1. The summed E-state index contributed by atoms with van der Waals surface area (Å²) in [6.45, 7) is 7.22. The molecule has 33 heavy (non-hydrogen) atoms. The third-order valence-electron chi connectivity index (χ3n) is 4.28. The van der Waals surface area contributed by atoms with Crippen molar-refractivity contribution in [3.05, 3.63) is 54.1 Å². The molecular formula is C24H31N3O6. The number of phenols is 1. The fraction of sp³-hybridized carbons (Fsp3) is 0.375. The molecule has 0 aliphatic carbocycles. The maximum Gasteiger partial charge on any atom is 0.407 e. The van der Waals surface area contributed by atoms with Crippen LogP contribution in [0.15, 0.2) is 48.5 Å². The van der Waals surface area contributed by atoms with Crippen molar-refractivity contribution in [2.24, 2.45) is 0 Å². The van der Waals surface area contributed by atoms with Crippen molar-refractivity contribution >= 4 is 23.6 Å². The minimum atomic E-state index is -0.754. The highest BCUT2D eigenvalue weighted by Gasteiger charge is 2.17. The van der Waals surface area contributed by atoms with Gasteiger partial charge >= 0.3 is 6.09 Å². The lowest BCUT2D eigenvalue weighted by molar-refractivity contribution is -0.127. The third kappa shape index (κ3) is 9.51. The number of hydrogen-bond acceptors (Lipinski definition) is 6. The Labute approximate surface area is 193 Å². The van der Waals surface area contributed by atoms with E-state index in [0.29, 0.717) is 11.4 Å². The van der Waals surface area contributed by atoms with Gasteiger partial charge in [0.15, 0.2) is 6.10 Å². The zero-order valence-electron chi connectivity index (χ0n) is 19.3. The highest BCUT2D eigenvalue weighted by molar-refractivity contribution is 5.92. The van der Waals surface area contributed by atoms with E-state index in [1.165, 1.54) is 12.1 Å². The van der Waals surface area contributed by atoms with Crippen molar-refractivity contribution in [1.29, 1.82) is 0 Å². The summed E-state index contributed by atoms with van der Waals surface area (Å²) < 4.78 is 10.7. The molecule has 3 amide bonds. The van der Waals surface area contributed by atoms with Crippen molar-refractivity contribution in [1.82, 2.24) is 10.6 Å². The van der Waals surface area contributed by atoms with Crippen LogP contribution in [-0.4, -0.2) is 41.3 Å². The number of anilines is 1. The average Bonchev–Trinajstić information content (AvgIpc) is 2.73. The molecular weight excluding hydrogens is 426 g/mol. The van der Waals surface area contributed by atoms with E-state index < -0.39 is 17.8 Å². The van der Waals surface area contributed by atoms with Gasteiger partial charge in [-0.25, -0.2) is 4.79 Å². The van der Waals surface area contributed by atoms with Crippen LogP contribution in [0.25, 0.3) is 0 Å². The molecule has 0 radical (unpaired) electrons. The number of hydrogen-bond donors (Lipinski definition) is 4. The molecule has 1 unspecified atom stereocenters. The van der Waals surface area contributed by atoms with E-state index in [1.54, 1.807) is 64.1 Å². The molecule has 0 aliphatic heterocycles. The summed E-state index contributed by atoms with van der Waals surface area (Å²) in [7, 11) is 0. The molecule has 4 N–H and O–H groups in total. The van der Waals surface area contributed by atoms with Crippen LogP contribution in [0.5, 0.6) is 11.5 Å². The van der Waals surface area contributed by atoms with Gasteiger partial charge in [-0.05, 0) is 63.6 Å². The minimum absolute atomic E-state index is 0.0669. The van der Waals surface area contributed by atoms with Gasteiger partial charge in [0.1, 0.15) is 17.1 Å². The summed E-state index contributed by atoms with van der Waals surface area (Å²) in [5, 5.41) is 17.4. The van der Waals surface area contributed by atoms with Crippen LogP contribution in [0.1, 0.15) is 39.7 Å². The Morgan fingerprint density at radius 3 is 2.33 bits per heavy atom. The van der Waals surface area contributed by atoms with Crippen LogP contribution < -0.4 is 20.7 Å². The number of carbonyl (C=O) groups excluding carboxylic acids is 3. The number of ether oxygens (including phenoxy) is 2. The molecule has 9 heteroatoms. The standard InChI is InChI=1S/C24H31N3O6/c1-16(32-19-11-9-18(28)10-12-19)22(30)26-15-17-7-5-6-8-20(17)27-21(29)13-14-25-23(31)33-24(2,3)4/h5-12,16,28H,13-15H2,1-4H3,(H,25,31)(H,26,30)(H,27,29). The first-order valence-corrected chi connectivity index (χ1v) is 10.6. The highest BCUT2D eigenvalue weighted by Crippen LogP contribution is 2.18. The maximum absolute atomic E-state index is 12.4. The Kier molecular flexibility index (Phi) is 9.08. The zero-order valence-corrected chi connectivity index (χ0v) is 19.3. The quantitative estimate of drug-likeness (QED) is 0.458. The SMILES string of the molecule is CC(Oc1ccc(O)cc1)C(=O)NCc1ccccc1NC(=O)CCNC(=O)OC(C)(C)C. The molecule has 2 aromatic rings. The predicted molar refractivity (Wildman–Crippen MR) is 124 cm³/mol. The first kappa shape index (κ1) is 25.5. The van der Waals surface area contributed by atoms with E-state index in [4.69, 9.17) is 9.47 Å². The predicted octanol–water partition coefficient (Wildman–Crippen LogP) is 3.33. The molecule has 2 rings (SSSR count). The number of carbonyl (C=O) groups is 3. The summed E-state index contributed by atoms with van der Waals surface area (Å²) in [4.78, 5) is 36.3. The number of rotatable bonds is 9. The second-order valence-electron chi connectivity index (χ2n) is 8.36. The van der Waals surface area contributed by atoms with E-state index >= 15 is 0 Å². The summed E-state index contributed by atoms with van der Waals surface area (Å²) in [5.74, 6) is -0.0403. The van der Waals surface area contributed by atoms with Gasteiger partial charge < -0.3 is 30.5 Å². The number of aromatic hydroxyl groups is 1. The number of amides is 3. The molecule has 0 heterocycles. The smallest absolute Gasteiger partial charge is 0.407 e. The number of phenolic OH excluding ortho intramolecular Hbond substituents is 1. The number of nitrogens with one attached hydrogen (secondary N) is 3. The van der Waals surface area contributed by atoms with Crippen molar-refractivity contribution in [2.45, 2.75) is 52.4 Å². The Morgan fingerprint density at radius 2 is 1.67 bits per heavy atom. The first-order valence-electron chi connectivity index (χ1n) is 10.6. The second-order valence-corrected chi connectivity index (χ2v) is 8.36. The van der Waals surface area contributed by atoms with Gasteiger partial charge in [-0.3, -0.25) is 9.59 Å². The van der Waals surface area contributed by atoms with E-state index in [2.05, 4.69) is 16.0 Å². The van der Waals surface area contributed by atoms with Gasteiger partial charge in [0.05, 0.1) is 0 Å². The molecule has 0 saturated heterocycles. The number of para-hydroxylation sites is 1. The van der Waals surface area contributed by atoms with Crippen LogP contribution in [0.4, 0.5) is 10.5 Å². The van der Waals surface area contributed by atoms with Gasteiger partial charge in [0.2, 0.25) is 5.91 Å². The van der Waals surface area contributed by atoms with E-state index in [9.17, 15) is 19.5 Å². The lowest BCUT2D eigenvalue weighted by Gasteiger charge is -2.19. The van der Waals surface area contributed by atoms with Crippen LogP contribution in [-0.2, 0) is 20.9 Å². The molecule has 0 spiro atoms. The van der Waals surface area contributed by atoms with Gasteiger partial charge in [-0.1, -0.05) is 18.2 Å². The Hall–Kier alpha value is -3.75. The van der Waals surface area contributed by atoms with Crippen molar-refractivity contribution in [2.75, 3.05) is 11.9 Å². The first-order chi connectivity index (χ1) is 15.5. The van der Waals surface area contributed by atoms with E-state index in [1.807, 2.05) is 0 Å². The molecule has 0 saturated carbocycles. The molecule has 178 valence electrons. The van der Waals surface area contributed by atoms with Crippen LogP contribution in [0, 0.1) is 0 Å². The van der Waals surface area contributed by atoms with E-state index in [-0.39, 0.29) is 37.1 Å². The van der Waals surface area contributed by atoms with Gasteiger partial charge in [0.25, 0.3) is 5.91 Å². The van der Waals surface area contributed by atoms with Crippen LogP contribution in [0.3, 0.4) is 0 Å². The molecule has 1 atom stereocenters. The molecule has 0 aromatic heterocycles. The summed E-state index contributed by atoms with van der Waals surface area (Å²) >= 11 is 0. The van der Waals surface area contributed by atoms with Crippen molar-refractivity contribution in [3.63, 3.8) is 0 Å². The molecule has 2 aromatic carbocycles. The van der Waals surface area contributed by atoms with Crippen LogP contribution >= 0.6 is 0 Å². The minimum Gasteiger partial charge on any atom is -0.508 e. The van der Waals surface area contributed by atoms with Crippen LogP contribution in [0.2, 0.25) is 0 Å². The Balaban J connectivity index is 1.82. The summed E-state index contributed by atoms with van der Waals surface area (Å²) in [5.41, 5.74) is 0.672. The lowest BCUT2D eigenvalue weighted by Crippen LogP contribution is -2.36. The normalized spacial score (nSPS) is 11.8. The van der Waals surface area contributed by atoms with Crippen molar-refractivity contribution in [3.8, 4) is 11.5 Å². The Bertz CT molecular complexity index is 953. The second kappa shape index (κ2) is 11.8. The number of benzene rings is 2. The molecule has 0 aliphatic rings. The van der Waals surface area contributed by atoms with E-state index in [0.717, 1.165) is 5.56 Å². The Morgan fingerprint density at radius 1 is 1.00 bits per heavy atom. The third-order valence-corrected chi connectivity index (χ3v) is 4.28. The lowest BCUT2D eigenvalue weighted by atomic mass is 10.1. The fourth-order valence-corrected chi connectivity index (χ4v) is 2.71. The zero-order chi connectivity index (χ0) is 24.4. The van der Waals surface area contributed by atoms with Gasteiger partial charge in [-0.2, -0.15) is 0 Å². The monoisotopic (exact) mass is 457 g/mol. The van der Waals surface area contributed by atoms with Gasteiger partial charge in [0, 0.05) is 25.2 Å². The fourth-order valence-electron chi connectivity index (χ4n) is 2.71. The molecule has 0 fully saturated rings. The van der Waals surface area contributed by atoms with Gasteiger partial charge in [-0.15, -0.1) is 0 Å². The summed E-state index contributed by atoms with van der Waals surface area (Å²) in [6.07, 6.45) is -1.27. The maximum atomic E-state index is 12.4. The molecule has 0 bridgehead atoms. The summed E-state index contributed by atoms with van der Waals surface area (Å²) in [6, 6.07) is 13.2. The largest absolute Gasteiger partial charge is 0.508 e. The average molecular weight is 458 g/mol.